The van der Waals surface area contributed by atoms with Crippen molar-refractivity contribution in [3.05, 3.63) is 35.9 Å². The van der Waals surface area contributed by atoms with Gasteiger partial charge in [-0.1, -0.05) is 18.2 Å². The molecule has 21 heavy (non-hydrogen) atoms. The fourth-order valence-corrected chi connectivity index (χ4v) is 2.78. The molecule has 114 valence electrons. The number of hydrogen-bond donors (Lipinski definition) is 2. The van der Waals surface area contributed by atoms with Gasteiger partial charge in [-0.2, -0.15) is 0 Å². The molecule has 3 N–H and O–H groups in total. The number of ether oxygens (including phenoxy) is 1. The molecule has 2 rings (SSSR count). The number of piperidine rings is 1. The van der Waals surface area contributed by atoms with Crippen LogP contribution >= 0.6 is 0 Å². The summed E-state index contributed by atoms with van der Waals surface area (Å²) in [6.07, 6.45) is 5.11. The van der Waals surface area contributed by atoms with Crippen LogP contribution in [0, 0.1) is 5.92 Å². The van der Waals surface area contributed by atoms with Gasteiger partial charge in [-0.3, -0.25) is 0 Å². The van der Waals surface area contributed by atoms with Gasteiger partial charge in [-0.15, -0.1) is 0 Å². The second kappa shape index (κ2) is 6.76. The molecule has 0 spiro atoms. The molecule has 1 aliphatic rings. The number of hydrogen-bond acceptors (Lipinski definition) is 3. The third kappa shape index (κ3) is 4.33. The lowest BCUT2D eigenvalue weighted by atomic mass is 9.83. The molecule has 4 heteroatoms. The van der Waals surface area contributed by atoms with E-state index < -0.39 is 5.60 Å². The molecule has 0 saturated carbocycles. The van der Waals surface area contributed by atoms with Gasteiger partial charge in [0, 0.05) is 30.4 Å². The van der Waals surface area contributed by atoms with E-state index in [1.807, 2.05) is 19.9 Å². The van der Waals surface area contributed by atoms with Crippen LogP contribution in [0.4, 0.5) is 0 Å². The molecule has 1 saturated heterocycles. The van der Waals surface area contributed by atoms with Gasteiger partial charge in [0.05, 0.1) is 13.1 Å². The highest BCUT2D eigenvalue weighted by Crippen LogP contribution is 2.28. The molecule has 1 heterocycles. The summed E-state index contributed by atoms with van der Waals surface area (Å²) < 4.78 is 5.62. The van der Waals surface area contributed by atoms with Crippen molar-refractivity contribution in [2.24, 2.45) is 5.92 Å². The van der Waals surface area contributed by atoms with E-state index in [0.717, 1.165) is 25.9 Å². The van der Waals surface area contributed by atoms with Crippen molar-refractivity contribution in [2.45, 2.75) is 32.3 Å². The number of nitrogens with two attached hydrogens (primary N) is 1. The van der Waals surface area contributed by atoms with Gasteiger partial charge >= 0.3 is 5.97 Å². The van der Waals surface area contributed by atoms with E-state index in [2.05, 4.69) is 5.32 Å². The minimum Gasteiger partial charge on any atom is -0.507 e. The first kappa shape index (κ1) is 15.6. The number of carbonyl (C=O) groups is 1. The summed E-state index contributed by atoms with van der Waals surface area (Å²) in [5.41, 5.74) is 0.161. The molecule has 0 atom stereocenters. The Labute approximate surface area is 125 Å². The maximum atomic E-state index is 12.0. The van der Waals surface area contributed by atoms with E-state index in [9.17, 15) is 9.90 Å². The van der Waals surface area contributed by atoms with E-state index in [1.54, 1.807) is 24.3 Å². The standard InChI is InChI=1S/C17H23NO3/c1-17(2,14-9-11-18-12-10-14)21-16(20)8-7-13-5-3-4-6-15(13)19/h3-8,14,18-19H,9-12H2,1-2H3/p+1/b8-7+. The molecule has 0 radical (unpaired) electrons. The number of aromatic hydroxyl groups is 1. The summed E-state index contributed by atoms with van der Waals surface area (Å²) in [6, 6.07) is 6.90. The maximum absolute atomic E-state index is 12.0. The van der Waals surface area contributed by atoms with Crippen molar-refractivity contribution >= 4 is 12.0 Å². The minimum absolute atomic E-state index is 0.156. The van der Waals surface area contributed by atoms with Crippen LogP contribution in [0.25, 0.3) is 6.08 Å². The fraction of sp³-hybridized carbons (Fsp3) is 0.471. The summed E-state index contributed by atoms with van der Waals surface area (Å²) in [5, 5.41) is 12.0. The van der Waals surface area contributed by atoms with E-state index >= 15 is 0 Å². The first-order valence-corrected chi connectivity index (χ1v) is 7.50. The summed E-state index contributed by atoms with van der Waals surface area (Å²) in [6.45, 7) is 6.15. The molecular weight excluding hydrogens is 266 g/mol. The van der Waals surface area contributed by atoms with Crippen molar-refractivity contribution in [3.63, 3.8) is 0 Å². The van der Waals surface area contributed by atoms with Crippen molar-refractivity contribution in [3.8, 4) is 5.75 Å². The van der Waals surface area contributed by atoms with Gasteiger partial charge in [-0.25, -0.2) is 4.79 Å². The van der Waals surface area contributed by atoms with Crippen LogP contribution in [0.5, 0.6) is 5.75 Å². The third-order valence-corrected chi connectivity index (χ3v) is 4.12. The SMILES string of the molecule is CC(C)(OC(=O)/C=C/c1ccccc1O)C1CC[NH2+]CC1. The normalized spacial score (nSPS) is 17.0. The van der Waals surface area contributed by atoms with Gasteiger partial charge in [-0.05, 0) is 26.0 Å². The van der Waals surface area contributed by atoms with Gasteiger partial charge in [0.2, 0.25) is 0 Å². The number of quaternary nitrogens is 1. The van der Waals surface area contributed by atoms with Crippen molar-refractivity contribution < 1.29 is 20.0 Å². The Kier molecular flexibility index (Phi) is 5.02. The van der Waals surface area contributed by atoms with Crippen LogP contribution in [0.15, 0.2) is 30.3 Å². The Bertz CT molecular complexity index is 517. The van der Waals surface area contributed by atoms with Crippen molar-refractivity contribution in [2.75, 3.05) is 13.1 Å². The van der Waals surface area contributed by atoms with Gasteiger partial charge in [0.15, 0.2) is 0 Å². The molecular formula is C17H24NO3+. The number of phenols is 1. The first-order chi connectivity index (χ1) is 9.99. The molecule has 0 aliphatic carbocycles. The smallest absolute Gasteiger partial charge is 0.331 e. The zero-order valence-electron chi connectivity index (χ0n) is 12.7. The van der Waals surface area contributed by atoms with Crippen LogP contribution in [0.2, 0.25) is 0 Å². The van der Waals surface area contributed by atoms with Crippen molar-refractivity contribution in [1.82, 2.24) is 0 Å². The zero-order chi connectivity index (χ0) is 15.3. The predicted octanol–water partition coefficient (Wildman–Crippen LogP) is 1.70. The highest BCUT2D eigenvalue weighted by Gasteiger charge is 2.34. The van der Waals surface area contributed by atoms with E-state index in [-0.39, 0.29) is 11.7 Å². The monoisotopic (exact) mass is 290 g/mol. The molecule has 1 aliphatic heterocycles. The zero-order valence-corrected chi connectivity index (χ0v) is 12.7. The van der Waals surface area contributed by atoms with Gasteiger partial charge in [0.1, 0.15) is 11.4 Å². The second-order valence-corrected chi connectivity index (χ2v) is 6.06. The summed E-state index contributed by atoms with van der Waals surface area (Å²) in [4.78, 5) is 12.0. The number of rotatable bonds is 4. The molecule has 1 fully saturated rings. The number of benzene rings is 1. The Morgan fingerprint density at radius 3 is 2.67 bits per heavy atom. The molecule has 0 amide bonds. The number of carbonyl (C=O) groups excluding carboxylic acids is 1. The van der Waals surface area contributed by atoms with E-state index in [0.29, 0.717) is 11.5 Å². The van der Waals surface area contributed by atoms with Crippen LogP contribution in [0.3, 0.4) is 0 Å². The highest BCUT2D eigenvalue weighted by atomic mass is 16.6. The third-order valence-electron chi connectivity index (χ3n) is 4.12. The molecule has 1 aromatic rings. The van der Waals surface area contributed by atoms with Gasteiger partial charge < -0.3 is 15.2 Å². The molecule has 0 unspecified atom stereocenters. The van der Waals surface area contributed by atoms with E-state index in [4.69, 9.17) is 4.74 Å². The maximum Gasteiger partial charge on any atom is 0.331 e. The second-order valence-electron chi connectivity index (χ2n) is 6.06. The molecule has 0 bridgehead atoms. The number of esters is 1. The van der Waals surface area contributed by atoms with Crippen molar-refractivity contribution in [1.29, 1.82) is 0 Å². The largest absolute Gasteiger partial charge is 0.507 e. The summed E-state index contributed by atoms with van der Waals surface area (Å²) >= 11 is 0. The molecule has 0 aromatic heterocycles. The number of phenolic OH excluding ortho intramolecular Hbond substituents is 1. The average molecular weight is 290 g/mol. The summed E-state index contributed by atoms with van der Waals surface area (Å²) in [5.74, 6) is 0.200. The molecule has 4 nitrogen and oxygen atoms in total. The van der Waals surface area contributed by atoms with Crippen LogP contribution in [0.1, 0.15) is 32.3 Å². The topological polar surface area (TPSA) is 63.1 Å². The van der Waals surface area contributed by atoms with Crippen LogP contribution < -0.4 is 5.32 Å². The first-order valence-electron chi connectivity index (χ1n) is 7.50. The lowest BCUT2D eigenvalue weighted by Gasteiger charge is -2.35. The quantitative estimate of drug-likeness (QED) is 0.655. The Balaban J connectivity index is 1.96. The summed E-state index contributed by atoms with van der Waals surface area (Å²) in [7, 11) is 0. The Morgan fingerprint density at radius 1 is 1.33 bits per heavy atom. The van der Waals surface area contributed by atoms with Gasteiger partial charge in [0.25, 0.3) is 0 Å². The Hall–Kier alpha value is -1.81. The lowest BCUT2D eigenvalue weighted by Crippen LogP contribution is -2.86. The fourth-order valence-electron chi connectivity index (χ4n) is 2.78. The average Bonchev–Trinajstić information content (AvgIpc) is 2.47. The molecule has 1 aromatic carbocycles. The predicted molar refractivity (Wildman–Crippen MR) is 81.7 cm³/mol. The van der Waals surface area contributed by atoms with E-state index in [1.165, 1.54) is 6.08 Å². The lowest BCUT2D eigenvalue weighted by molar-refractivity contribution is -0.665. The highest BCUT2D eigenvalue weighted by molar-refractivity contribution is 5.87. The van der Waals surface area contributed by atoms with Crippen LogP contribution in [-0.4, -0.2) is 29.8 Å². The Morgan fingerprint density at radius 2 is 2.00 bits per heavy atom. The van der Waals surface area contributed by atoms with Crippen LogP contribution in [-0.2, 0) is 9.53 Å². The number of para-hydroxylation sites is 1. The minimum atomic E-state index is -0.450.